The highest BCUT2D eigenvalue weighted by Gasteiger charge is 2.28. The van der Waals surface area contributed by atoms with Gasteiger partial charge in [0.05, 0.1) is 5.92 Å². The first-order valence-electron chi connectivity index (χ1n) is 8.60. The number of rotatable bonds is 5. The Labute approximate surface area is 147 Å². The highest BCUT2D eigenvalue weighted by atomic mass is 16.4. The van der Waals surface area contributed by atoms with E-state index in [2.05, 4.69) is 10.6 Å². The molecule has 1 unspecified atom stereocenters. The highest BCUT2D eigenvalue weighted by Crippen LogP contribution is 2.25. The molecule has 0 aromatic heterocycles. The molecule has 0 spiro atoms. The number of anilines is 2. The van der Waals surface area contributed by atoms with Crippen LogP contribution in [0.3, 0.4) is 0 Å². The summed E-state index contributed by atoms with van der Waals surface area (Å²) in [6.07, 6.45) is 2.48. The summed E-state index contributed by atoms with van der Waals surface area (Å²) in [5, 5.41) is 14.8. The van der Waals surface area contributed by atoms with Crippen molar-refractivity contribution >= 4 is 29.3 Å². The molecule has 0 bridgehead atoms. The number of carboxylic acid groups (broad SMARTS) is 1. The van der Waals surface area contributed by atoms with E-state index in [1.807, 2.05) is 13.8 Å². The molecule has 1 atom stereocenters. The molecule has 7 nitrogen and oxygen atoms in total. The zero-order valence-electron chi connectivity index (χ0n) is 14.7. The average molecular weight is 347 g/mol. The van der Waals surface area contributed by atoms with Crippen LogP contribution in [0, 0.1) is 12.8 Å². The topological polar surface area (TPSA) is 98.7 Å². The van der Waals surface area contributed by atoms with Gasteiger partial charge in [0, 0.05) is 30.9 Å². The smallest absolute Gasteiger partial charge is 0.321 e. The van der Waals surface area contributed by atoms with Crippen molar-refractivity contribution in [2.75, 3.05) is 23.7 Å². The quantitative estimate of drug-likeness (QED) is 0.762. The zero-order chi connectivity index (χ0) is 18.4. The van der Waals surface area contributed by atoms with E-state index < -0.39 is 11.9 Å². The van der Waals surface area contributed by atoms with Crippen molar-refractivity contribution in [3.05, 3.63) is 23.8 Å². The van der Waals surface area contributed by atoms with E-state index in [1.165, 1.54) is 4.90 Å². The van der Waals surface area contributed by atoms with Crippen molar-refractivity contribution in [2.45, 2.75) is 39.5 Å². The van der Waals surface area contributed by atoms with Gasteiger partial charge < -0.3 is 20.6 Å². The first-order chi connectivity index (χ1) is 11.9. The standard InChI is InChI=1S/C18H25N3O4/c1-3-6-16(22)19-14-8-4-9-15(12(14)2)20-18(25)21-10-5-7-13(11-21)17(23)24/h4,8-9,13H,3,5-7,10-11H2,1-2H3,(H,19,22)(H,20,25)(H,23,24). The number of likely N-dealkylation sites (tertiary alicyclic amines) is 1. The van der Waals surface area contributed by atoms with Crippen molar-refractivity contribution < 1.29 is 19.5 Å². The second-order valence-electron chi connectivity index (χ2n) is 6.33. The predicted molar refractivity (Wildman–Crippen MR) is 95.7 cm³/mol. The molecule has 1 aliphatic rings. The van der Waals surface area contributed by atoms with Crippen LogP contribution in [0.4, 0.5) is 16.2 Å². The summed E-state index contributed by atoms with van der Waals surface area (Å²) >= 11 is 0. The van der Waals surface area contributed by atoms with Gasteiger partial charge in [0.15, 0.2) is 0 Å². The normalized spacial score (nSPS) is 17.0. The molecule has 0 aliphatic carbocycles. The lowest BCUT2D eigenvalue weighted by Crippen LogP contribution is -2.44. The van der Waals surface area contributed by atoms with Crippen LogP contribution in [0.2, 0.25) is 0 Å². The number of aliphatic carboxylic acids is 1. The second kappa shape index (κ2) is 8.50. The largest absolute Gasteiger partial charge is 0.481 e. The Balaban J connectivity index is 2.05. The summed E-state index contributed by atoms with van der Waals surface area (Å²) in [6, 6.07) is 5.01. The maximum Gasteiger partial charge on any atom is 0.321 e. The Morgan fingerprint density at radius 2 is 1.92 bits per heavy atom. The molecule has 1 aromatic rings. The summed E-state index contributed by atoms with van der Waals surface area (Å²) < 4.78 is 0. The molecule has 1 aliphatic heterocycles. The molecular weight excluding hydrogens is 322 g/mol. The molecule has 1 fully saturated rings. The SMILES string of the molecule is CCCC(=O)Nc1cccc(NC(=O)N2CCCC(C(=O)O)C2)c1C. The van der Waals surface area contributed by atoms with Crippen molar-refractivity contribution in [2.24, 2.45) is 5.92 Å². The van der Waals surface area contributed by atoms with Crippen molar-refractivity contribution in [3.8, 4) is 0 Å². The van der Waals surface area contributed by atoms with Crippen LogP contribution in [0.5, 0.6) is 0 Å². The first kappa shape index (κ1) is 18.8. The number of carbonyl (C=O) groups excluding carboxylic acids is 2. The predicted octanol–water partition coefficient (Wildman–Crippen LogP) is 3.06. The highest BCUT2D eigenvalue weighted by molar-refractivity contribution is 5.95. The van der Waals surface area contributed by atoms with Gasteiger partial charge in [-0.15, -0.1) is 0 Å². The maximum atomic E-state index is 12.5. The van der Waals surface area contributed by atoms with Crippen LogP contribution >= 0.6 is 0 Å². The Kier molecular flexibility index (Phi) is 6.38. The Morgan fingerprint density at radius 1 is 1.24 bits per heavy atom. The van der Waals surface area contributed by atoms with E-state index in [0.717, 1.165) is 12.0 Å². The van der Waals surface area contributed by atoms with E-state index in [4.69, 9.17) is 5.11 Å². The molecule has 0 radical (unpaired) electrons. The van der Waals surface area contributed by atoms with Gasteiger partial charge in [-0.05, 0) is 43.9 Å². The number of amides is 3. The van der Waals surface area contributed by atoms with Crippen LogP contribution in [0.25, 0.3) is 0 Å². The van der Waals surface area contributed by atoms with Gasteiger partial charge in [-0.2, -0.15) is 0 Å². The number of hydrogen-bond donors (Lipinski definition) is 3. The van der Waals surface area contributed by atoms with Crippen LogP contribution in [0.15, 0.2) is 18.2 Å². The summed E-state index contributed by atoms with van der Waals surface area (Å²) in [7, 11) is 0. The van der Waals surface area contributed by atoms with Gasteiger partial charge in [-0.1, -0.05) is 13.0 Å². The second-order valence-corrected chi connectivity index (χ2v) is 6.33. The summed E-state index contributed by atoms with van der Waals surface area (Å²) in [5.41, 5.74) is 2.04. The number of hydrogen-bond acceptors (Lipinski definition) is 3. The number of benzene rings is 1. The fourth-order valence-corrected chi connectivity index (χ4v) is 2.90. The number of carbonyl (C=O) groups is 3. The van der Waals surface area contributed by atoms with Gasteiger partial charge in [-0.3, -0.25) is 9.59 Å². The maximum absolute atomic E-state index is 12.5. The lowest BCUT2D eigenvalue weighted by Gasteiger charge is -2.31. The molecule has 136 valence electrons. The zero-order valence-corrected chi connectivity index (χ0v) is 14.7. The Morgan fingerprint density at radius 3 is 2.56 bits per heavy atom. The molecular formula is C18H25N3O4. The number of urea groups is 1. The van der Waals surface area contributed by atoms with Crippen molar-refractivity contribution in [3.63, 3.8) is 0 Å². The molecule has 0 saturated carbocycles. The van der Waals surface area contributed by atoms with Gasteiger partial charge >= 0.3 is 12.0 Å². The van der Waals surface area contributed by atoms with Gasteiger partial charge in [0.1, 0.15) is 0 Å². The van der Waals surface area contributed by atoms with Crippen LogP contribution in [-0.2, 0) is 9.59 Å². The minimum absolute atomic E-state index is 0.0607. The third-order valence-corrected chi connectivity index (χ3v) is 4.38. The molecule has 25 heavy (non-hydrogen) atoms. The summed E-state index contributed by atoms with van der Waals surface area (Å²) in [4.78, 5) is 36.9. The third kappa shape index (κ3) is 4.95. The number of carboxylic acids is 1. The molecule has 2 rings (SSSR count). The number of nitrogens with zero attached hydrogens (tertiary/aromatic N) is 1. The molecule has 1 aromatic carbocycles. The fraction of sp³-hybridized carbons (Fsp3) is 0.500. The third-order valence-electron chi connectivity index (χ3n) is 4.38. The molecule has 1 saturated heterocycles. The number of nitrogens with one attached hydrogen (secondary N) is 2. The first-order valence-corrected chi connectivity index (χ1v) is 8.60. The van der Waals surface area contributed by atoms with Gasteiger partial charge in [-0.25, -0.2) is 4.79 Å². The fourth-order valence-electron chi connectivity index (χ4n) is 2.90. The molecule has 1 heterocycles. The summed E-state index contributed by atoms with van der Waals surface area (Å²) in [6.45, 7) is 4.52. The van der Waals surface area contributed by atoms with Crippen LogP contribution in [-0.4, -0.2) is 41.0 Å². The van der Waals surface area contributed by atoms with Gasteiger partial charge in [0.25, 0.3) is 0 Å². The Bertz CT molecular complexity index is 660. The summed E-state index contributed by atoms with van der Waals surface area (Å²) in [5.74, 6) is -1.44. The van der Waals surface area contributed by atoms with E-state index >= 15 is 0 Å². The van der Waals surface area contributed by atoms with E-state index in [9.17, 15) is 14.4 Å². The lowest BCUT2D eigenvalue weighted by molar-refractivity contribution is -0.143. The minimum atomic E-state index is -0.866. The molecule has 7 heteroatoms. The van der Waals surface area contributed by atoms with Crippen molar-refractivity contribution in [1.82, 2.24) is 4.90 Å². The van der Waals surface area contributed by atoms with E-state index in [1.54, 1.807) is 18.2 Å². The van der Waals surface area contributed by atoms with E-state index in [0.29, 0.717) is 37.2 Å². The monoisotopic (exact) mass is 347 g/mol. The van der Waals surface area contributed by atoms with Crippen LogP contribution in [0.1, 0.15) is 38.2 Å². The Hall–Kier alpha value is -2.57. The van der Waals surface area contributed by atoms with Crippen LogP contribution < -0.4 is 10.6 Å². The lowest BCUT2D eigenvalue weighted by atomic mass is 9.99. The average Bonchev–Trinajstić information content (AvgIpc) is 2.58. The molecule has 3 amide bonds. The minimum Gasteiger partial charge on any atom is -0.481 e. The molecule has 3 N–H and O–H groups in total. The number of piperidine rings is 1. The van der Waals surface area contributed by atoms with E-state index in [-0.39, 0.29) is 18.5 Å². The van der Waals surface area contributed by atoms with Gasteiger partial charge in [0.2, 0.25) is 5.91 Å². The van der Waals surface area contributed by atoms with Crippen molar-refractivity contribution in [1.29, 1.82) is 0 Å².